The Kier molecular flexibility index (Phi) is 7.31. The molecular formula is C22H34N2O3. The lowest BCUT2D eigenvalue weighted by Crippen LogP contribution is -2.56. The first-order chi connectivity index (χ1) is 12.8. The average molecular weight is 375 g/mol. The van der Waals surface area contributed by atoms with Crippen LogP contribution in [0.4, 0.5) is 0 Å². The van der Waals surface area contributed by atoms with Gasteiger partial charge in [0, 0.05) is 30.7 Å². The minimum absolute atomic E-state index is 0.0876. The molecule has 1 N–H and O–H groups in total. The fourth-order valence-corrected chi connectivity index (χ4v) is 3.74. The lowest BCUT2D eigenvalue weighted by molar-refractivity contribution is 0.0445. The van der Waals surface area contributed by atoms with Crippen LogP contribution in [0.15, 0.2) is 30.9 Å². The highest BCUT2D eigenvalue weighted by Gasteiger charge is 2.33. The molecule has 1 aliphatic heterocycles. The summed E-state index contributed by atoms with van der Waals surface area (Å²) in [5.74, 6) is 2.43. The first-order valence-corrected chi connectivity index (χ1v) is 9.71. The van der Waals surface area contributed by atoms with Crippen LogP contribution in [0.2, 0.25) is 0 Å². The van der Waals surface area contributed by atoms with Crippen LogP contribution >= 0.6 is 0 Å². The number of amides is 1. The molecule has 27 heavy (non-hydrogen) atoms. The lowest BCUT2D eigenvalue weighted by atomic mass is 9.88. The average Bonchev–Trinajstić information content (AvgIpc) is 2.63. The van der Waals surface area contributed by atoms with Crippen molar-refractivity contribution < 1.29 is 14.3 Å². The summed E-state index contributed by atoms with van der Waals surface area (Å²) in [6.45, 7) is 15.8. The van der Waals surface area contributed by atoms with Crippen LogP contribution in [-0.4, -0.2) is 49.7 Å². The maximum Gasteiger partial charge on any atom is 0.251 e. The maximum atomic E-state index is 12.7. The van der Waals surface area contributed by atoms with E-state index in [0.29, 0.717) is 42.0 Å². The predicted octanol–water partition coefficient (Wildman–Crippen LogP) is 3.75. The Labute approximate surface area is 163 Å². The van der Waals surface area contributed by atoms with Crippen molar-refractivity contribution in [3.63, 3.8) is 0 Å². The summed E-state index contributed by atoms with van der Waals surface area (Å²) in [6.07, 6.45) is 2.95. The minimum Gasteiger partial charge on any atom is -0.493 e. The topological polar surface area (TPSA) is 50.8 Å². The van der Waals surface area contributed by atoms with E-state index in [1.165, 1.54) is 6.42 Å². The van der Waals surface area contributed by atoms with Gasteiger partial charge in [-0.1, -0.05) is 26.5 Å². The second-order valence-corrected chi connectivity index (χ2v) is 8.31. The number of hydrogen-bond acceptors (Lipinski definition) is 4. The predicted molar refractivity (Wildman–Crippen MR) is 110 cm³/mol. The number of methoxy groups -OCH3 is 1. The van der Waals surface area contributed by atoms with Gasteiger partial charge in [0.25, 0.3) is 5.91 Å². The van der Waals surface area contributed by atoms with Gasteiger partial charge in [-0.15, -0.1) is 0 Å². The molecule has 0 aromatic heterocycles. The van der Waals surface area contributed by atoms with E-state index in [0.717, 1.165) is 13.1 Å². The van der Waals surface area contributed by atoms with Crippen molar-refractivity contribution in [2.45, 2.75) is 39.7 Å². The Morgan fingerprint density at radius 3 is 2.56 bits per heavy atom. The van der Waals surface area contributed by atoms with E-state index in [1.54, 1.807) is 31.4 Å². The van der Waals surface area contributed by atoms with E-state index >= 15 is 0 Å². The normalized spacial score (nSPS) is 20.8. The molecule has 2 unspecified atom stereocenters. The van der Waals surface area contributed by atoms with Crippen LogP contribution in [0.25, 0.3) is 0 Å². The van der Waals surface area contributed by atoms with Crippen LogP contribution in [0.5, 0.6) is 11.5 Å². The Bertz CT molecular complexity index is 647. The molecule has 1 saturated heterocycles. The molecule has 1 fully saturated rings. The monoisotopic (exact) mass is 374 g/mol. The second-order valence-electron chi connectivity index (χ2n) is 8.31. The van der Waals surface area contributed by atoms with Gasteiger partial charge in [-0.25, -0.2) is 0 Å². The fraction of sp³-hybridized carbons (Fsp3) is 0.591. The van der Waals surface area contributed by atoms with Gasteiger partial charge < -0.3 is 14.8 Å². The van der Waals surface area contributed by atoms with Crippen LogP contribution in [0, 0.1) is 11.8 Å². The summed E-state index contributed by atoms with van der Waals surface area (Å²) in [5, 5.41) is 3.09. The quantitative estimate of drug-likeness (QED) is 0.704. The van der Waals surface area contributed by atoms with Crippen molar-refractivity contribution in [2.75, 3.05) is 33.4 Å². The number of carbonyl (C=O) groups is 1. The van der Waals surface area contributed by atoms with E-state index in [9.17, 15) is 4.79 Å². The standard InChI is InChI=1S/C22H34N2O3/c1-7-10-27-19-9-8-18(12-20(19)26-6)21(25)23-15-22(4,5)24-13-16(2)11-17(3)14-24/h7-9,12,16-17H,1,10-11,13-15H2,2-6H3,(H,23,25). The number of carbonyl (C=O) groups excluding carboxylic acids is 1. The van der Waals surface area contributed by atoms with Gasteiger partial charge in [-0.2, -0.15) is 0 Å². The van der Waals surface area contributed by atoms with Gasteiger partial charge in [0.05, 0.1) is 7.11 Å². The molecule has 5 heteroatoms. The zero-order chi connectivity index (χ0) is 20.0. The van der Waals surface area contributed by atoms with E-state index in [1.807, 2.05) is 0 Å². The molecular weight excluding hydrogens is 340 g/mol. The van der Waals surface area contributed by atoms with Gasteiger partial charge >= 0.3 is 0 Å². The SMILES string of the molecule is C=CCOc1ccc(C(=O)NCC(C)(C)N2CC(C)CC(C)C2)cc1OC. The number of ether oxygens (including phenoxy) is 2. The Morgan fingerprint density at radius 2 is 1.96 bits per heavy atom. The zero-order valence-corrected chi connectivity index (χ0v) is 17.4. The molecule has 0 spiro atoms. The number of piperidine rings is 1. The summed E-state index contributed by atoms with van der Waals surface area (Å²) < 4.78 is 10.9. The van der Waals surface area contributed by atoms with Gasteiger partial charge in [0.15, 0.2) is 11.5 Å². The smallest absolute Gasteiger partial charge is 0.251 e. The van der Waals surface area contributed by atoms with Gasteiger partial charge in [-0.3, -0.25) is 9.69 Å². The summed E-state index contributed by atoms with van der Waals surface area (Å²) in [4.78, 5) is 15.2. The molecule has 1 aliphatic rings. The summed E-state index contributed by atoms with van der Waals surface area (Å²) >= 11 is 0. The van der Waals surface area contributed by atoms with Crippen molar-refractivity contribution in [1.82, 2.24) is 10.2 Å². The van der Waals surface area contributed by atoms with Crippen molar-refractivity contribution in [3.05, 3.63) is 36.4 Å². The number of benzene rings is 1. The number of nitrogens with zero attached hydrogens (tertiary/aromatic N) is 1. The van der Waals surface area contributed by atoms with Crippen molar-refractivity contribution in [2.24, 2.45) is 11.8 Å². The molecule has 5 nitrogen and oxygen atoms in total. The number of rotatable bonds is 8. The molecule has 1 aromatic rings. The van der Waals surface area contributed by atoms with Gasteiger partial charge in [0.1, 0.15) is 6.61 Å². The van der Waals surface area contributed by atoms with Crippen LogP contribution in [0.3, 0.4) is 0 Å². The Morgan fingerprint density at radius 1 is 1.30 bits per heavy atom. The molecule has 0 bridgehead atoms. The highest BCUT2D eigenvalue weighted by molar-refractivity contribution is 5.94. The third-order valence-electron chi connectivity index (χ3n) is 5.19. The summed E-state index contributed by atoms with van der Waals surface area (Å²) in [7, 11) is 1.57. The first kappa shape index (κ1) is 21.3. The third-order valence-corrected chi connectivity index (χ3v) is 5.19. The van der Waals surface area contributed by atoms with Crippen LogP contribution in [0.1, 0.15) is 44.5 Å². The molecule has 1 heterocycles. The number of nitrogens with one attached hydrogen (secondary N) is 1. The highest BCUT2D eigenvalue weighted by atomic mass is 16.5. The molecule has 1 amide bonds. The second kappa shape index (κ2) is 9.27. The zero-order valence-electron chi connectivity index (χ0n) is 17.4. The van der Waals surface area contributed by atoms with Crippen LogP contribution < -0.4 is 14.8 Å². The number of likely N-dealkylation sites (tertiary alicyclic amines) is 1. The maximum absolute atomic E-state index is 12.7. The largest absolute Gasteiger partial charge is 0.493 e. The third kappa shape index (κ3) is 5.73. The summed E-state index contributed by atoms with van der Waals surface area (Å²) in [6, 6.07) is 5.23. The Balaban J connectivity index is 2.00. The lowest BCUT2D eigenvalue weighted by Gasteiger charge is -2.45. The van der Waals surface area contributed by atoms with E-state index in [-0.39, 0.29) is 11.4 Å². The first-order valence-electron chi connectivity index (χ1n) is 9.71. The number of hydrogen-bond donors (Lipinski definition) is 1. The van der Waals surface area contributed by atoms with Gasteiger partial charge in [-0.05, 0) is 50.3 Å². The molecule has 2 atom stereocenters. The van der Waals surface area contributed by atoms with Crippen LogP contribution in [-0.2, 0) is 0 Å². The molecule has 2 rings (SSSR count). The van der Waals surface area contributed by atoms with Crippen molar-refractivity contribution in [3.8, 4) is 11.5 Å². The molecule has 0 saturated carbocycles. The molecule has 150 valence electrons. The highest BCUT2D eigenvalue weighted by Crippen LogP contribution is 2.29. The van der Waals surface area contributed by atoms with E-state index < -0.39 is 0 Å². The van der Waals surface area contributed by atoms with Crippen molar-refractivity contribution in [1.29, 1.82) is 0 Å². The molecule has 1 aromatic carbocycles. The van der Waals surface area contributed by atoms with E-state index in [4.69, 9.17) is 9.47 Å². The Hall–Kier alpha value is -2.01. The van der Waals surface area contributed by atoms with Gasteiger partial charge in [0.2, 0.25) is 0 Å². The molecule has 0 aliphatic carbocycles. The fourth-order valence-electron chi connectivity index (χ4n) is 3.74. The summed E-state index contributed by atoms with van der Waals surface area (Å²) in [5.41, 5.74) is 0.476. The van der Waals surface area contributed by atoms with E-state index in [2.05, 4.69) is 44.5 Å². The van der Waals surface area contributed by atoms with Crippen molar-refractivity contribution >= 4 is 5.91 Å². The minimum atomic E-state index is -0.102. The molecule has 0 radical (unpaired) electrons.